The van der Waals surface area contributed by atoms with Crippen LogP contribution in [0, 0.1) is 0 Å². The van der Waals surface area contributed by atoms with Crippen LogP contribution in [-0.4, -0.2) is 40.2 Å². The summed E-state index contributed by atoms with van der Waals surface area (Å²) in [7, 11) is 0. The Bertz CT molecular complexity index is 571. The third-order valence-electron chi connectivity index (χ3n) is 4.03. The number of amides is 1. The van der Waals surface area contributed by atoms with E-state index >= 15 is 0 Å². The van der Waals surface area contributed by atoms with Crippen LogP contribution in [0.4, 0.5) is 16.3 Å². The number of benzene rings is 1. The van der Waals surface area contributed by atoms with E-state index in [0.29, 0.717) is 13.1 Å². The van der Waals surface area contributed by atoms with Gasteiger partial charge in [-0.05, 0) is 37.1 Å². The van der Waals surface area contributed by atoms with Gasteiger partial charge in [-0.2, -0.15) is 0 Å². The topological polar surface area (TPSA) is 56.7 Å². The normalized spacial score (nSPS) is 15.5. The summed E-state index contributed by atoms with van der Waals surface area (Å²) in [4.78, 5) is 19.3. The Morgan fingerprint density at radius 2 is 1.77 bits per heavy atom. The van der Waals surface area contributed by atoms with Crippen molar-refractivity contribution in [3.8, 4) is 0 Å². The molecule has 0 saturated carbocycles. The molecule has 1 aliphatic heterocycles. The Hall–Kier alpha value is -2.56. The molecule has 0 spiro atoms. The molecular formula is C17H19N3O2. The Labute approximate surface area is 129 Å². The standard InChI is InChI=1S/C17H19N3O2/c21-17(22)19-12-9-15(10-13-19)20(14-6-2-1-3-7-14)16-8-4-5-11-18-16/h1-8,11,15H,9-10,12-13H2,(H,21,22). The van der Waals surface area contributed by atoms with Gasteiger partial charge >= 0.3 is 6.09 Å². The van der Waals surface area contributed by atoms with Crippen molar-refractivity contribution in [3.63, 3.8) is 0 Å². The average molecular weight is 297 g/mol. The molecule has 2 aromatic rings. The number of pyridine rings is 1. The molecule has 0 aliphatic carbocycles. The number of anilines is 2. The largest absolute Gasteiger partial charge is 0.465 e. The lowest BCUT2D eigenvalue weighted by Gasteiger charge is -2.38. The van der Waals surface area contributed by atoms with Crippen LogP contribution in [0.3, 0.4) is 0 Å². The molecule has 0 radical (unpaired) electrons. The van der Waals surface area contributed by atoms with E-state index in [9.17, 15) is 4.79 Å². The third-order valence-corrected chi connectivity index (χ3v) is 4.03. The van der Waals surface area contributed by atoms with Gasteiger partial charge in [-0.1, -0.05) is 24.3 Å². The van der Waals surface area contributed by atoms with Gasteiger partial charge in [0.25, 0.3) is 0 Å². The monoisotopic (exact) mass is 297 g/mol. The molecule has 1 saturated heterocycles. The zero-order valence-electron chi connectivity index (χ0n) is 12.3. The summed E-state index contributed by atoms with van der Waals surface area (Å²) in [5.41, 5.74) is 1.09. The van der Waals surface area contributed by atoms with Gasteiger partial charge < -0.3 is 14.9 Å². The minimum atomic E-state index is -0.831. The summed E-state index contributed by atoms with van der Waals surface area (Å²) >= 11 is 0. The van der Waals surface area contributed by atoms with Gasteiger partial charge in [-0.3, -0.25) is 0 Å². The van der Waals surface area contributed by atoms with Crippen LogP contribution in [0.2, 0.25) is 0 Å². The average Bonchev–Trinajstić information content (AvgIpc) is 2.57. The molecule has 1 aromatic heterocycles. The highest BCUT2D eigenvalue weighted by molar-refractivity contribution is 5.65. The number of aromatic nitrogens is 1. The van der Waals surface area contributed by atoms with Gasteiger partial charge in [0.15, 0.2) is 0 Å². The van der Waals surface area contributed by atoms with Crippen molar-refractivity contribution in [2.75, 3.05) is 18.0 Å². The number of rotatable bonds is 3. The Balaban J connectivity index is 1.86. The van der Waals surface area contributed by atoms with Crippen LogP contribution in [0.1, 0.15) is 12.8 Å². The van der Waals surface area contributed by atoms with Crippen LogP contribution >= 0.6 is 0 Å². The molecule has 0 atom stereocenters. The van der Waals surface area contributed by atoms with Gasteiger partial charge in [-0.25, -0.2) is 9.78 Å². The molecular weight excluding hydrogens is 278 g/mol. The quantitative estimate of drug-likeness (QED) is 0.943. The lowest BCUT2D eigenvalue weighted by atomic mass is 10.0. The van der Waals surface area contributed by atoms with Crippen molar-refractivity contribution < 1.29 is 9.90 Å². The number of hydrogen-bond acceptors (Lipinski definition) is 3. The smallest absolute Gasteiger partial charge is 0.407 e. The van der Waals surface area contributed by atoms with Crippen LogP contribution in [-0.2, 0) is 0 Å². The first-order valence-corrected chi connectivity index (χ1v) is 7.49. The van der Waals surface area contributed by atoms with Crippen LogP contribution < -0.4 is 4.90 Å². The van der Waals surface area contributed by atoms with Crippen molar-refractivity contribution in [2.45, 2.75) is 18.9 Å². The molecule has 0 bridgehead atoms. The van der Waals surface area contributed by atoms with E-state index in [0.717, 1.165) is 24.3 Å². The molecule has 1 amide bonds. The molecule has 5 nitrogen and oxygen atoms in total. The fraction of sp³-hybridized carbons (Fsp3) is 0.294. The molecule has 22 heavy (non-hydrogen) atoms. The molecule has 1 aromatic carbocycles. The van der Waals surface area contributed by atoms with Gasteiger partial charge in [0.05, 0.1) is 0 Å². The highest BCUT2D eigenvalue weighted by Crippen LogP contribution is 2.30. The minimum Gasteiger partial charge on any atom is -0.465 e. The van der Waals surface area contributed by atoms with Gasteiger partial charge in [0.1, 0.15) is 5.82 Å². The number of para-hydroxylation sites is 1. The maximum Gasteiger partial charge on any atom is 0.407 e. The molecule has 2 heterocycles. The van der Waals surface area contributed by atoms with E-state index < -0.39 is 6.09 Å². The molecule has 114 valence electrons. The second-order valence-corrected chi connectivity index (χ2v) is 5.39. The fourth-order valence-electron chi connectivity index (χ4n) is 2.93. The van der Waals surface area contributed by atoms with E-state index in [1.54, 1.807) is 6.20 Å². The van der Waals surface area contributed by atoms with Gasteiger partial charge in [-0.15, -0.1) is 0 Å². The number of carbonyl (C=O) groups is 1. The van der Waals surface area contributed by atoms with E-state index in [1.807, 2.05) is 36.4 Å². The second kappa shape index (κ2) is 6.47. The van der Waals surface area contributed by atoms with E-state index in [4.69, 9.17) is 5.11 Å². The summed E-state index contributed by atoms with van der Waals surface area (Å²) in [6.45, 7) is 1.13. The first-order valence-electron chi connectivity index (χ1n) is 7.49. The highest BCUT2D eigenvalue weighted by Gasteiger charge is 2.28. The van der Waals surface area contributed by atoms with Gasteiger partial charge in [0.2, 0.25) is 0 Å². The molecule has 5 heteroatoms. The van der Waals surface area contributed by atoms with Crippen LogP contribution in [0.25, 0.3) is 0 Å². The minimum absolute atomic E-state index is 0.257. The SMILES string of the molecule is O=C(O)N1CCC(N(c2ccccc2)c2ccccn2)CC1. The molecule has 1 aliphatic rings. The first-order chi connectivity index (χ1) is 10.8. The van der Waals surface area contributed by atoms with Crippen LogP contribution in [0.5, 0.6) is 0 Å². The van der Waals surface area contributed by atoms with E-state index in [1.165, 1.54) is 4.90 Å². The van der Waals surface area contributed by atoms with Crippen molar-refractivity contribution in [2.24, 2.45) is 0 Å². The summed E-state index contributed by atoms with van der Waals surface area (Å²) in [5.74, 6) is 0.905. The molecule has 1 fully saturated rings. The number of likely N-dealkylation sites (tertiary alicyclic amines) is 1. The highest BCUT2D eigenvalue weighted by atomic mass is 16.4. The summed E-state index contributed by atoms with van der Waals surface area (Å²) < 4.78 is 0. The number of carboxylic acid groups (broad SMARTS) is 1. The first kappa shape index (κ1) is 14.4. The number of nitrogens with zero attached hydrogens (tertiary/aromatic N) is 3. The molecule has 0 unspecified atom stereocenters. The lowest BCUT2D eigenvalue weighted by molar-refractivity contribution is 0.132. The van der Waals surface area contributed by atoms with Crippen molar-refractivity contribution in [3.05, 3.63) is 54.7 Å². The maximum absolute atomic E-state index is 11.1. The Morgan fingerprint density at radius 1 is 1.09 bits per heavy atom. The fourth-order valence-corrected chi connectivity index (χ4v) is 2.93. The third kappa shape index (κ3) is 3.03. The molecule has 3 rings (SSSR count). The zero-order valence-corrected chi connectivity index (χ0v) is 12.3. The maximum atomic E-state index is 11.1. The number of hydrogen-bond donors (Lipinski definition) is 1. The lowest BCUT2D eigenvalue weighted by Crippen LogP contribution is -2.45. The Morgan fingerprint density at radius 3 is 2.36 bits per heavy atom. The predicted octanol–water partition coefficient (Wildman–Crippen LogP) is 3.36. The van der Waals surface area contributed by atoms with Gasteiger partial charge in [0, 0.05) is 31.0 Å². The van der Waals surface area contributed by atoms with Crippen LogP contribution in [0.15, 0.2) is 54.7 Å². The van der Waals surface area contributed by atoms with Crippen molar-refractivity contribution in [1.82, 2.24) is 9.88 Å². The molecule has 1 N–H and O–H groups in total. The van der Waals surface area contributed by atoms with Crippen molar-refractivity contribution in [1.29, 1.82) is 0 Å². The Kier molecular flexibility index (Phi) is 4.23. The predicted molar refractivity (Wildman–Crippen MR) is 85.4 cm³/mol. The van der Waals surface area contributed by atoms with Crippen molar-refractivity contribution >= 4 is 17.6 Å². The summed E-state index contributed by atoms with van der Waals surface area (Å²) in [5, 5.41) is 9.10. The zero-order chi connectivity index (χ0) is 15.4. The summed E-state index contributed by atoms with van der Waals surface area (Å²) in [6.07, 6.45) is 2.57. The van der Waals surface area contributed by atoms with E-state index in [-0.39, 0.29) is 6.04 Å². The summed E-state index contributed by atoms with van der Waals surface area (Å²) in [6, 6.07) is 16.3. The number of piperidine rings is 1. The second-order valence-electron chi connectivity index (χ2n) is 5.39. The van der Waals surface area contributed by atoms with E-state index in [2.05, 4.69) is 22.0 Å².